The molecule has 0 aliphatic heterocycles. The Morgan fingerprint density at radius 2 is 2.10 bits per heavy atom. The predicted molar refractivity (Wildman–Crippen MR) is 76.4 cm³/mol. The fourth-order valence-corrected chi connectivity index (χ4v) is 1.44. The van der Waals surface area contributed by atoms with Crippen molar-refractivity contribution in [1.29, 1.82) is 5.26 Å². The zero-order chi connectivity index (χ0) is 15.2. The Bertz CT molecular complexity index is 466. The summed E-state index contributed by atoms with van der Waals surface area (Å²) in [5.41, 5.74) is 0.0483. The molecular formula is C15H22N2O3. The van der Waals surface area contributed by atoms with Gasteiger partial charge in [-0.25, -0.2) is 0 Å². The third kappa shape index (κ3) is 5.17. The van der Waals surface area contributed by atoms with Crippen molar-refractivity contribution in [2.45, 2.75) is 38.5 Å². The van der Waals surface area contributed by atoms with Gasteiger partial charge in [0, 0.05) is 12.1 Å². The van der Waals surface area contributed by atoms with E-state index in [4.69, 9.17) is 10.00 Å². The highest BCUT2D eigenvalue weighted by Gasteiger charge is 2.24. The number of nitrogens with zero attached hydrogens (tertiary/aromatic N) is 1. The number of nitrogens with one attached hydrogen (secondary N) is 1. The van der Waals surface area contributed by atoms with Crippen LogP contribution in [-0.4, -0.2) is 41.1 Å². The molecule has 0 spiro atoms. The highest BCUT2D eigenvalue weighted by atomic mass is 16.5. The molecule has 0 fully saturated rings. The molecule has 0 radical (unpaired) electrons. The van der Waals surface area contributed by atoms with E-state index in [1.165, 1.54) is 0 Å². The van der Waals surface area contributed by atoms with E-state index in [0.717, 1.165) is 0 Å². The number of aliphatic hydroxyl groups excluding tert-OH is 2. The van der Waals surface area contributed by atoms with Gasteiger partial charge in [-0.1, -0.05) is 6.07 Å². The summed E-state index contributed by atoms with van der Waals surface area (Å²) in [6.45, 7) is 5.86. The van der Waals surface area contributed by atoms with Gasteiger partial charge < -0.3 is 20.3 Å². The molecule has 0 saturated heterocycles. The van der Waals surface area contributed by atoms with Crippen molar-refractivity contribution in [2.24, 2.45) is 0 Å². The van der Waals surface area contributed by atoms with Crippen LogP contribution in [0.5, 0.6) is 5.75 Å². The zero-order valence-corrected chi connectivity index (χ0v) is 12.1. The van der Waals surface area contributed by atoms with Crippen LogP contribution < -0.4 is 10.1 Å². The number of aliphatic hydroxyl groups is 2. The molecule has 1 aromatic rings. The SMILES string of the molecule is CC(O)C(C)(C)NCC(O)COc1cccc(C#N)c1. The van der Waals surface area contributed by atoms with Crippen molar-refractivity contribution in [2.75, 3.05) is 13.2 Å². The van der Waals surface area contributed by atoms with Crippen LogP contribution in [0.25, 0.3) is 0 Å². The Morgan fingerprint density at radius 1 is 1.40 bits per heavy atom. The lowest BCUT2D eigenvalue weighted by molar-refractivity contribution is 0.0648. The van der Waals surface area contributed by atoms with E-state index in [1.807, 2.05) is 19.9 Å². The van der Waals surface area contributed by atoms with Gasteiger partial charge in [0.1, 0.15) is 18.5 Å². The molecule has 20 heavy (non-hydrogen) atoms. The van der Waals surface area contributed by atoms with E-state index in [1.54, 1.807) is 31.2 Å². The lowest BCUT2D eigenvalue weighted by Crippen LogP contribution is -2.51. The van der Waals surface area contributed by atoms with Crippen molar-refractivity contribution in [3.8, 4) is 11.8 Å². The molecule has 0 aliphatic rings. The Morgan fingerprint density at radius 3 is 2.70 bits per heavy atom. The Labute approximate surface area is 119 Å². The van der Waals surface area contributed by atoms with E-state index in [2.05, 4.69) is 5.32 Å². The van der Waals surface area contributed by atoms with E-state index in [9.17, 15) is 10.2 Å². The van der Waals surface area contributed by atoms with E-state index in [-0.39, 0.29) is 6.61 Å². The number of ether oxygens (including phenoxy) is 1. The quantitative estimate of drug-likeness (QED) is 0.694. The Kier molecular flexibility index (Phi) is 5.96. The number of hydrogen-bond acceptors (Lipinski definition) is 5. The average Bonchev–Trinajstić information content (AvgIpc) is 2.43. The largest absolute Gasteiger partial charge is 0.491 e. The van der Waals surface area contributed by atoms with E-state index >= 15 is 0 Å². The number of nitriles is 1. The monoisotopic (exact) mass is 278 g/mol. The maximum Gasteiger partial charge on any atom is 0.120 e. The second-order valence-corrected chi connectivity index (χ2v) is 5.38. The second-order valence-electron chi connectivity index (χ2n) is 5.38. The summed E-state index contributed by atoms with van der Waals surface area (Å²) < 4.78 is 5.43. The first kappa shape index (κ1) is 16.4. The summed E-state index contributed by atoms with van der Waals surface area (Å²) in [4.78, 5) is 0. The molecule has 2 atom stereocenters. The molecule has 2 unspecified atom stereocenters. The van der Waals surface area contributed by atoms with Crippen LogP contribution >= 0.6 is 0 Å². The summed E-state index contributed by atoms with van der Waals surface area (Å²) in [5, 5.41) is 31.3. The van der Waals surface area contributed by atoms with Crippen LogP contribution in [0.15, 0.2) is 24.3 Å². The first-order valence-electron chi connectivity index (χ1n) is 6.59. The van der Waals surface area contributed by atoms with Crippen LogP contribution in [0.4, 0.5) is 0 Å². The van der Waals surface area contributed by atoms with Crippen molar-refractivity contribution >= 4 is 0 Å². The topological polar surface area (TPSA) is 85.5 Å². The number of hydrogen-bond donors (Lipinski definition) is 3. The van der Waals surface area contributed by atoms with Crippen molar-refractivity contribution < 1.29 is 14.9 Å². The maximum atomic E-state index is 9.85. The molecule has 0 saturated carbocycles. The van der Waals surface area contributed by atoms with Crippen molar-refractivity contribution in [3.05, 3.63) is 29.8 Å². The van der Waals surface area contributed by atoms with Crippen molar-refractivity contribution in [1.82, 2.24) is 5.32 Å². The minimum Gasteiger partial charge on any atom is -0.491 e. The summed E-state index contributed by atoms with van der Waals surface area (Å²) in [6.07, 6.45) is -1.22. The lowest BCUT2D eigenvalue weighted by atomic mass is 9.99. The third-order valence-corrected chi connectivity index (χ3v) is 3.24. The highest BCUT2D eigenvalue weighted by molar-refractivity contribution is 5.36. The Balaban J connectivity index is 2.40. The zero-order valence-electron chi connectivity index (χ0n) is 12.1. The molecule has 5 heteroatoms. The summed E-state index contributed by atoms with van der Waals surface area (Å²) >= 11 is 0. The molecule has 110 valence electrons. The van der Waals surface area contributed by atoms with Crippen LogP contribution in [0.3, 0.4) is 0 Å². The highest BCUT2D eigenvalue weighted by Crippen LogP contribution is 2.13. The van der Waals surface area contributed by atoms with Gasteiger partial charge in [0.2, 0.25) is 0 Å². The van der Waals surface area contributed by atoms with Crippen LogP contribution in [0.1, 0.15) is 26.3 Å². The van der Waals surface area contributed by atoms with Crippen molar-refractivity contribution in [3.63, 3.8) is 0 Å². The van der Waals surface area contributed by atoms with Gasteiger partial charge >= 0.3 is 0 Å². The van der Waals surface area contributed by atoms with Gasteiger partial charge in [-0.15, -0.1) is 0 Å². The minimum absolute atomic E-state index is 0.123. The third-order valence-electron chi connectivity index (χ3n) is 3.24. The molecule has 0 amide bonds. The predicted octanol–water partition coefficient (Wildman–Crippen LogP) is 1.05. The number of benzene rings is 1. The van der Waals surface area contributed by atoms with Gasteiger partial charge in [-0.2, -0.15) is 5.26 Å². The summed E-state index contributed by atoms with van der Waals surface area (Å²) in [7, 11) is 0. The van der Waals surface area contributed by atoms with E-state index < -0.39 is 17.7 Å². The second kappa shape index (κ2) is 7.25. The van der Waals surface area contributed by atoms with Gasteiger partial charge in [0.05, 0.1) is 17.7 Å². The number of β-amino-alcohol motifs (C(OH)–C–C–N with tert-alkyl or cyclic N) is 1. The van der Waals surface area contributed by atoms with Gasteiger partial charge in [-0.05, 0) is 39.0 Å². The average molecular weight is 278 g/mol. The molecule has 3 N–H and O–H groups in total. The van der Waals surface area contributed by atoms with Gasteiger partial charge in [0.25, 0.3) is 0 Å². The smallest absolute Gasteiger partial charge is 0.120 e. The molecular weight excluding hydrogens is 256 g/mol. The molecule has 0 aromatic heterocycles. The molecule has 5 nitrogen and oxygen atoms in total. The fraction of sp³-hybridized carbons (Fsp3) is 0.533. The summed E-state index contributed by atoms with van der Waals surface area (Å²) in [5.74, 6) is 0.554. The molecule has 1 aromatic carbocycles. The summed E-state index contributed by atoms with van der Waals surface area (Å²) in [6, 6.07) is 8.81. The van der Waals surface area contributed by atoms with Gasteiger partial charge in [0.15, 0.2) is 0 Å². The Hall–Kier alpha value is -1.61. The molecule has 0 aliphatic carbocycles. The lowest BCUT2D eigenvalue weighted by Gasteiger charge is -2.30. The molecule has 1 rings (SSSR count). The standard InChI is InChI=1S/C15H22N2O3/c1-11(18)15(2,3)17-9-13(19)10-20-14-6-4-5-12(7-14)8-16/h4-7,11,13,17-19H,9-10H2,1-3H3. The maximum absolute atomic E-state index is 9.85. The van der Waals surface area contributed by atoms with Crippen LogP contribution in [-0.2, 0) is 0 Å². The first-order chi connectivity index (χ1) is 9.35. The number of rotatable bonds is 7. The van der Waals surface area contributed by atoms with Crippen LogP contribution in [0, 0.1) is 11.3 Å². The van der Waals surface area contributed by atoms with E-state index in [0.29, 0.717) is 17.9 Å². The van der Waals surface area contributed by atoms with Crippen LogP contribution in [0.2, 0.25) is 0 Å². The minimum atomic E-state index is -0.696. The molecule has 0 bridgehead atoms. The molecule has 0 heterocycles. The first-order valence-corrected chi connectivity index (χ1v) is 6.59. The fourth-order valence-electron chi connectivity index (χ4n) is 1.44. The normalized spacial score (nSPS) is 14.4. The van der Waals surface area contributed by atoms with Gasteiger partial charge in [-0.3, -0.25) is 0 Å².